The van der Waals surface area contributed by atoms with Crippen molar-refractivity contribution < 1.29 is 23.8 Å². The fourth-order valence-corrected chi connectivity index (χ4v) is 3.23. The highest BCUT2D eigenvalue weighted by atomic mass is 19.1. The molecule has 2 aliphatic rings. The molecule has 1 aromatic carbocycles. The second-order valence-electron chi connectivity index (χ2n) is 6.31. The van der Waals surface area contributed by atoms with Crippen molar-refractivity contribution in [3.8, 4) is 0 Å². The molecule has 7 nitrogen and oxygen atoms in total. The maximum Gasteiger partial charge on any atom is 0.321 e. The largest absolute Gasteiger partial charge is 0.481 e. The van der Waals surface area contributed by atoms with E-state index in [0.717, 1.165) is 0 Å². The minimum absolute atomic E-state index is 0.190. The summed E-state index contributed by atoms with van der Waals surface area (Å²) in [5, 5.41) is 12.0. The van der Waals surface area contributed by atoms with E-state index in [2.05, 4.69) is 5.32 Å². The summed E-state index contributed by atoms with van der Waals surface area (Å²) >= 11 is 0. The summed E-state index contributed by atoms with van der Waals surface area (Å²) < 4.78 is 19.0. The average molecular weight is 351 g/mol. The van der Waals surface area contributed by atoms with Crippen LogP contribution in [0.3, 0.4) is 0 Å². The van der Waals surface area contributed by atoms with Crippen molar-refractivity contribution in [2.75, 3.05) is 49.6 Å². The van der Waals surface area contributed by atoms with Crippen LogP contribution in [0.4, 0.5) is 20.6 Å². The van der Waals surface area contributed by atoms with E-state index in [-0.39, 0.29) is 18.4 Å². The first-order valence-electron chi connectivity index (χ1n) is 8.45. The lowest BCUT2D eigenvalue weighted by Crippen LogP contribution is -2.44. The minimum atomic E-state index is -0.881. The number of halogens is 1. The number of likely N-dealkylation sites (tertiary alicyclic amines) is 1. The molecule has 136 valence electrons. The molecule has 2 N–H and O–H groups in total. The van der Waals surface area contributed by atoms with Gasteiger partial charge in [-0.2, -0.15) is 0 Å². The number of benzene rings is 1. The molecule has 0 aromatic heterocycles. The van der Waals surface area contributed by atoms with Gasteiger partial charge in [0.15, 0.2) is 0 Å². The number of ether oxygens (including phenoxy) is 1. The van der Waals surface area contributed by atoms with E-state index in [1.807, 2.05) is 4.90 Å². The number of rotatable bonds is 3. The van der Waals surface area contributed by atoms with Gasteiger partial charge in [0.2, 0.25) is 0 Å². The maximum atomic E-state index is 13.7. The Morgan fingerprint density at radius 2 is 2.00 bits per heavy atom. The van der Waals surface area contributed by atoms with Gasteiger partial charge < -0.3 is 25.0 Å². The van der Waals surface area contributed by atoms with Crippen LogP contribution >= 0.6 is 0 Å². The van der Waals surface area contributed by atoms with E-state index < -0.39 is 11.9 Å². The molecule has 1 unspecified atom stereocenters. The number of carboxylic acids is 1. The Morgan fingerprint density at radius 3 is 2.72 bits per heavy atom. The number of hydrogen-bond donors (Lipinski definition) is 2. The van der Waals surface area contributed by atoms with Gasteiger partial charge in [0.1, 0.15) is 5.82 Å². The molecule has 2 fully saturated rings. The summed E-state index contributed by atoms with van der Waals surface area (Å²) in [5.74, 6) is -1.79. The van der Waals surface area contributed by atoms with E-state index in [1.54, 1.807) is 0 Å². The molecule has 0 spiro atoms. The predicted molar refractivity (Wildman–Crippen MR) is 90.4 cm³/mol. The summed E-state index contributed by atoms with van der Waals surface area (Å²) in [7, 11) is 0. The summed E-state index contributed by atoms with van der Waals surface area (Å²) in [5.41, 5.74) is 1.13. The Labute approximate surface area is 145 Å². The highest BCUT2D eigenvalue weighted by Crippen LogP contribution is 2.28. The number of anilines is 2. The van der Waals surface area contributed by atoms with Crippen LogP contribution in [0.1, 0.15) is 12.8 Å². The summed E-state index contributed by atoms with van der Waals surface area (Å²) in [4.78, 5) is 27.2. The zero-order valence-electron chi connectivity index (χ0n) is 13.9. The zero-order valence-corrected chi connectivity index (χ0v) is 13.9. The van der Waals surface area contributed by atoms with Crippen LogP contribution in [0.5, 0.6) is 0 Å². The molecule has 2 aliphatic heterocycles. The van der Waals surface area contributed by atoms with Crippen LogP contribution in [0, 0.1) is 11.7 Å². The van der Waals surface area contributed by atoms with Gasteiger partial charge in [0.05, 0.1) is 30.5 Å². The van der Waals surface area contributed by atoms with Crippen molar-refractivity contribution in [1.29, 1.82) is 0 Å². The normalized spacial score (nSPS) is 21.1. The molecule has 0 saturated carbocycles. The third-order valence-corrected chi connectivity index (χ3v) is 4.61. The second-order valence-corrected chi connectivity index (χ2v) is 6.31. The third-order valence-electron chi connectivity index (χ3n) is 4.61. The number of nitrogens with zero attached hydrogens (tertiary/aromatic N) is 2. The molecule has 0 bridgehead atoms. The summed E-state index contributed by atoms with van der Waals surface area (Å²) in [6.45, 7) is 3.06. The van der Waals surface area contributed by atoms with Gasteiger partial charge in [-0.05, 0) is 31.0 Å². The number of hydrogen-bond acceptors (Lipinski definition) is 4. The molecule has 2 saturated heterocycles. The fraction of sp³-hybridized carbons (Fsp3) is 0.529. The zero-order chi connectivity index (χ0) is 17.8. The lowest BCUT2D eigenvalue weighted by Gasteiger charge is -2.33. The minimum Gasteiger partial charge on any atom is -0.481 e. The fourth-order valence-electron chi connectivity index (χ4n) is 3.23. The van der Waals surface area contributed by atoms with Crippen LogP contribution < -0.4 is 10.2 Å². The average Bonchev–Trinajstić information content (AvgIpc) is 2.64. The van der Waals surface area contributed by atoms with Gasteiger partial charge in [-0.15, -0.1) is 0 Å². The first-order valence-corrected chi connectivity index (χ1v) is 8.45. The number of nitrogens with one attached hydrogen (secondary N) is 1. The van der Waals surface area contributed by atoms with E-state index in [9.17, 15) is 14.0 Å². The van der Waals surface area contributed by atoms with Crippen molar-refractivity contribution in [2.45, 2.75) is 12.8 Å². The number of carboxylic acid groups (broad SMARTS) is 1. The summed E-state index contributed by atoms with van der Waals surface area (Å²) in [6.07, 6.45) is 1.23. The topological polar surface area (TPSA) is 82.1 Å². The third kappa shape index (κ3) is 4.19. The number of urea groups is 1. The van der Waals surface area contributed by atoms with Crippen molar-refractivity contribution >= 4 is 23.4 Å². The molecule has 1 aromatic rings. The van der Waals surface area contributed by atoms with Gasteiger partial charge in [0, 0.05) is 26.2 Å². The lowest BCUT2D eigenvalue weighted by atomic mass is 9.99. The van der Waals surface area contributed by atoms with E-state index in [1.165, 1.54) is 23.1 Å². The van der Waals surface area contributed by atoms with Crippen molar-refractivity contribution in [1.82, 2.24) is 4.90 Å². The number of amides is 2. The molecule has 8 heteroatoms. The Balaban J connectivity index is 1.73. The number of carbonyl (C=O) groups is 2. The number of piperidine rings is 1. The number of aliphatic carboxylic acids is 1. The molecule has 2 amide bonds. The lowest BCUT2D eigenvalue weighted by molar-refractivity contribution is -0.143. The highest BCUT2D eigenvalue weighted by Gasteiger charge is 2.28. The molecule has 2 heterocycles. The van der Waals surface area contributed by atoms with E-state index in [0.29, 0.717) is 57.1 Å². The van der Waals surface area contributed by atoms with Crippen LogP contribution in [-0.2, 0) is 9.53 Å². The smallest absolute Gasteiger partial charge is 0.321 e. The first-order chi connectivity index (χ1) is 12.0. The Kier molecular flexibility index (Phi) is 5.37. The van der Waals surface area contributed by atoms with Crippen molar-refractivity contribution in [3.63, 3.8) is 0 Å². The number of morpholine rings is 1. The van der Waals surface area contributed by atoms with Crippen LogP contribution in [0.2, 0.25) is 0 Å². The predicted octanol–water partition coefficient (Wildman–Crippen LogP) is 1.99. The summed E-state index contributed by atoms with van der Waals surface area (Å²) in [6, 6.07) is 3.89. The quantitative estimate of drug-likeness (QED) is 0.870. The number of carbonyl (C=O) groups excluding carboxylic acids is 1. The Bertz CT molecular complexity index is 649. The maximum absolute atomic E-state index is 13.7. The van der Waals surface area contributed by atoms with Gasteiger partial charge in [-0.25, -0.2) is 9.18 Å². The van der Waals surface area contributed by atoms with Gasteiger partial charge in [-0.1, -0.05) is 0 Å². The first kappa shape index (κ1) is 17.5. The second kappa shape index (κ2) is 7.69. The van der Waals surface area contributed by atoms with Crippen LogP contribution in [0.15, 0.2) is 18.2 Å². The van der Waals surface area contributed by atoms with Crippen LogP contribution in [0.25, 0.3) is 0 Å². The molecule has 0 aliphatic carbocycles. The Hall–Kier alpha value is -2.35. The molecule has 0 radical (unpaired) electrons. The Morgan fingerprint density at radius 1 is 1.24 bits per heavy atom. The van der Waals surface area contributed by atoms with Crippen molar-refractivity contribution in [2.24, 2.45) is 5.92 Å². The highest BCUT2D eigenvalue weighted by molar-refractivity contribution is 5.93. The van der Waals surface area contributed by atoms with Crippen LogP contribution in [-0.4, -0.2) is 61.4 Å². The van der Waals surface area contributed by atoms with Gasteiger partial charge in [-0.3, -0.25) is 4.79 Å². The molecule has 3 rings (SSSR count). The molecular formula is C17H22FN3O4. The molecule has 25 heavy (non-hydrogen) atoms. The van der Waals surface area contributed by atoms with E-state index in [4.69, 9.17) is 9.84 Å². The van der Waals surface area contributed by atoms with E-state index >= 15 is 0 Å². The van der Waals surface area contributed by atoms with Crippen molar-refractivity contribution in [3.05, 3.63) is 24.0 Å². The van der Waals surface area contributed by atoms with Gasteiger partial charge >= 0.3 is 12.0 Å². The standard InChI is InChI=1S/C17H22FN3O4/c18-13-3-4-14(15(10-13)20-6-8-25-9-7-20)19-17(24)21-5-1-2-12(11-21)16(22)23/h3-4,10,12H,1-2,5-9,11H2,(H,19,24)(H,22,23). The molecule has 1 atom stereocenters. The monoisotopic (exact) mass is 351 g/mol. The van der Waals surface area contributed by atoms with Gasteiger partial charge in [0.25, 0.3) is 0 Å². The molecular weight excluding hydrogens is 329 g/mol. The SMILES string of the molecule is O=C(O)C1CCCN(C(=O)Nc2ccc(F)cc2N2CCOCC2)C1.